The van der Waals surface area contributed by atoms with Crippen LogP contribution in [0, 0.1) is 11.7 Å². The number of carbonyl (C=O) groups excluding carboxylic acids is 1. The second-order valence-electron chi connectivity index (χ2n) is 8.37. The van der Waals surface area contributed by atoms with E-state index in [0.29, 0.717) is 36.2 Å². The topological polar surface area (TPSA) is 64.2 Å². The van der Waals surface area contributed by atoms with Crippen LogP contribution in [0.15, 0.2) is 40.9 Å². The minimum Gasteiger partial charge on any atom is -0.443 e. The third kappa shape index (κ3) is 4.30. The predicted octanol–water partition coefficient (Wildman–Crippen LogP) is 4.31. The van der Waals surface area contributed by atoms with Gasteiger partial charge in [-0.25, -0.2) is 9.37 Å². The number of aryl methyl sites for hydroxylation is 1. The molecule has 1 aliphatic heterocycles. The maximum absolute atomic E-state index is 13.4. The first-order chi connectivity index (χ1) is 14.4. The number of nitrogens with zero attached hydrogens (tertiary/aromatic N) is 4. The highest BCUT2D eigenvalue weighted by Gasteiger charge is 2.35. The Bertz CT molecular complexity index is 1040. The number of halogens is 1. The monoisotopic (exact) mass is 410 g/mol. The SMILES string of the molecule is CC(C)Cc1cc(C(=O)N2CCC[C@@H]2c2ncc(Cc3cccc(F)c3)o2)n(C)n1. The lowest BCUT2D eigenvalue weighted by molar-refractivity contribution is 0.0703. The number of likely N-dealkylation sites (tertiary alicyclic amines) is 1. The van der Waals surface area contributed by atoms with Crippen molar-refractivity contribution in [1.82, 2.24) is 19.7 Å². The molecule has 1 saturated heterocycles. The molecule has 7 heteroatoms. The van der Waals surface area contributed by atoms with Crippen LogP contribution >= 0.6 is 0 Å². The fourth-order valence-electron chi connectivity index (χ4n) is 4.07. The summed E-state index contributed by atoms with van der Waals surface area (Å²) >= 11 is 0. The molecule has 0 bridgehead atoms. The summed E-state index contributed by atoms with van der Waals surface area (Å²) in [4.78, 5) is 19.5. The number of carbonyl (C=O) groups is 1. The number of oxazole rings is 1. The molecule has 3 heterocycles. The van der Waals surface area contributed by atoms with Gasteiger partial charge in [-0.2, -0.15) is 5.10 Å². The summed E-state index contributed by atoms with van der Waals surface area (Å²) < 4.78 is 21.1. The van der Waals surface area contributed by atoms with Gasteiger partial charge in [-0.05, 0) is 48.9 Å². The van der Waals surface area contributed by atoms with Gasteiger partial charge in [0.2, 0.25) is 5.89 Å². The van der Waals surface area contributed by atoms with E-state index in [1.807, 2.05) is 24.1 Å². The third-order valence-corrected chi connectivity index (χ3v) is 5.40. The average Bonchev–Trinajstić information content (AvgIpc) is 3.40. The molecule has 3 aromatic rings. The minimum atomic E-state index is -0.271. The molecule has 1 amide bonds. The van der Waals surface area contributed by atoms with Crippen LogP contribution in [-0.2, 0) is 19.9 Å². The Morgan fingerprint density at radius 3 is 2.93 bits per heavy atom. The van der Waals surface area contributed by atoms with Crippen LogP contribution in [0.5, 0.6) is 0 Å². The highest BCUT2D eigenvalue weighted by Crippen LogP contribution is 2.33. The summed E-state index contributed by atoms with van der Waals surface area (Å²) in [6.07, 6.45) is 4.68. The van der Waals surface area contributed by atoms with Crippen molar-refractivity contribution in [2.45, 2.75) is 45.6 Å². The van der Waals surface area contributed by atoms with Crippen molar-refractivity contribution in [2.24, 2.45) is 13.0 Å². The van der Waals surface area contributed by atoms with Crippen molar-refractivity contribution >= 4 is 5.91 Å². The van der Waals surface area contributed by atoms with Crippen LogP contribution < -0.4 is 0 Å². The Hall–Kier alpha value is -2.96. The summed E-state index contributed by atoms with van der Waals surface area (Å²) in [6, 6.07) is 8.15. The zero-order valence-corrected chi connectivity index (χ0v) is 17.6. The van der Waals surface area contributed by atoms with Gasteiger partial charge in [0.15, 0.2) is 0 Å². The van der Waals surface area contributed by atoms with Gasteiger partial charge in [0, 0.05) is 20.0 Å². The van der Waals surface area contributed by atoms with Gasteiger partial charge in [-0.3, -0.25) is 9.48 Å². The smallest absolute Gasteiger partial charge is 0.272 e. The van der Waals surface area contributed by atoms with Gasteiger partial charge >= 0.3 is 0 Å². The lowest BCUT2D eigenvalue weighted by Crippen LogP contribution is -2.32. The molecule has 4 rings (SSSR count). The third-order valence-electron chi connectivity index (χ3n) is 5.40. The van der Waals surface area contributed by atoms with E-state index in [2.05, 4.69) is 23.9 Å². The zero-order chi connectivity index (χ0) is 21.3. The van der Waals surface area contributed by atoms with E-state index < -0.39 is 0 Å². The maximum Gasteiger partial charge on any atom is 0.272 e. The van der Waals surface area contributed by atoms with Crippen molar-refractivity contribution in [2.75, 3.05) is 6.54 Å². The number of aromatic nitrogens is 3. The summed E-state index contributed by atoms with van der Waals surface area (Å²) in [5.74, 6) is 1.36. The Morgan fingerprint density at radius 2 is 2.17 bits per heavy atom. The number of benzene rings is 1. The highest BCUT2D eigenvalue weighted by atomic mass is 19.1. The Kier molecular flexibility index (Phi) is 5.70. The molecule has 6 nitrogen and oxygen atoms in total. The highest BCUT2D eigenvalue weighted by molar-refractivity contribution is 5.93. The van der Waals surface area contributed by atoms with Crippen molar-refractivity contribution in [3.05, 3.63) is 70.9 Å². The molecule has 158 valence electrons. The van der Waals surface area contributed by atoms with Gasteiger partial charge in [0.1, 0.15) is 23.3 Å². The number of amides is 1. The fraction of sp³-hybridized carbons (Fsp3) is 0.435. The summed E-state index contributed by atoms with van der Waals surface area (Å²) in [7, 11) is 1.81. The van der Waals surface area contributed by atoms with Crippen LogP contribution in [0.1, 0.15) is 66.1 Å². The van der Waals surface area contributed by atoms with Gasteiger partial charge in [-0.1, -0.05) is 26.0 Å². The molecule has 0 saturated carbocycles. The number of hydrogen-bond acceptors (Lipinski definition) is 4. The van der Waals surface area contributed by atoms with E-state index in [1.165, 1.54) is 12.1 Å². The Morgan fingerprint density at radius 1 is 1.33 bits per heavy atom. The number of hydrogen-bond donors (Lipinski definition) is 0. The first-order valence-corrected chi connectivity index (χ1v) is 10.4. The van der Waals surface area contributed by atoms with Crippen LogP contribution in [0.4, 0.5) is 4.39 Å². The van der Waals surface area contributed by atoms with Gasteiger partial charge in [0.05, 0.1) is 11.9 Å². The van der Waals surface area contributed by atoms with E-state index >= 15 is 0 Å². The molecule has 0 radical (unpaired) electrons. The lowest BCUT2D eigenvalue weighted by atomic mass is 10.1. The minimum absolute atomic E-state index is 0.0487. The molecule has 1 fully saturated rings. The molecule has 0 unspecified atom stereocenters. The lowest BCUT2D eigenvalue weighted by Gasteiger charge is -2.22. The number of rotatable bonds is 6. The van der Waals surface area contributed by atoms with Crippen LogP contribution in [-0.4, -0.2) is 32.1 Å². The van der Waals surface area contributed by atoms with E-state index in [-0.39, 0.29) is 17.8 Å². The molecular weight excluding hydrogens is 383 g/mol. The van der Waals surface area contributed by atoms with Gasteiger partial charge in [0.25, 0.3) is 5.91 Å². The summed E-state index contributed by atoms with van der Waals surface area (Å²) in [5, 5.41) is 4.50. The van der Waals surface area contributed by atoms with Crippen LogP contribution in [0.2, 0.25) is 0 Å². The van der Waals surface area contributed by atoms with Crippen LogP contribution in [0.25, 0.3) is 0 Å². The Balaban J connectivity index is 1.51. The zero-order valence-electron chi connectivity index (χ0n) is 17.6. The molecule has 0 spiro atoms. The molecule has 1 atom stereocenters. The van der Waals surface area contributed by atoms with E-state index in [0.717, 1.165) is 30.5 Å². The first kappa shape index (κ1) is 20.3. The van der Waals surface area contributed by atoms with E-state index in [1.54, 1.807) is 16.9 Å². The standard InChI is InChI=1S/C23H27FN4O2/c1-15(2)10-18-13-21(27(3)26-18)23(29)28-9-5-8-20(28)22-25-14-19(30-22)12-16-6-4-7-17(24)11-16/h4,6-7,11,13-15,20H,5,8-10,12H2,1-3H3/t20-/m1/s1. The van der Waals surface area contributed by atoms with E-state index in [9.17, 15) is 9.18 Å². The quantitative estimate of drug-likeness (QED) is 0.607. The summed E-state index contributed by atoms with van der Waals surface area (Å²) in [5.41, 5.74) is 2.34. The predicted molar refractivity (Wildman–Crippen MR) is 110 cm³/mol. The van der Waals surface area contributed by atoms with Gasteiger partial charge in [-0.15, -0.1) is 0 Å². The second-order valence-corrected chi connectivity index (χ2v) is 8.37. The maximum atomic E-state index is 13.4. The van der Waals surface area contributed by atoms with E-state index in [4.69, 9.17) is 4.42 Å². The average molecular weight is 410 g/mol. The molecular formula is C23H27FN4O2. The van der Waals surface area contributed by atoms with Crippen LogP contribution in [0.3, 0.4) is 0 Å². The normalized spacial score (nSPS) is 16.6. The van der Waals surface area contributed by atoms with Crippen molar-refractivity contribution in [1.29, 1.82) is 0 Å². The van der Waals surface area contributed by atoms with Crippen molar-refractivity contribution in [3.63, 3.8) is 0 Å². The molecule has 0 N–H and O–H groups in total. The van der Waals surface area contributed by atoms with Crippen molar-refractivity contribution in [3.8, 4) is 0 Å². The summed E-state index contributed by atoms with van der Waals surface area (Å²) in [6.45, 7) is 4.93. The molecule has 0 aliphatic carbocycles. The second kappa shape index (κ2) is 8.42. The Labute approximate surface area is 175 Å². The first-order valence-electron chi connectivity index (χ1n) is 10.4. The fourth-order valence-corrected chi connectivity index (χ4v) is 4.07. The van der Waals surface area contributed by atoms with Crippen molar-refractivity contribution < 1.29 is 13.6 Å². The largest absolute Gasteiger partial charge is 0.443 e. The molecule has 2 aromatic heterocycles. The molecule has 30 heavy (non-hydrogen) atoms. The molecule has 1 aromatic carbocycles. The molecule has 1 aliphatic rings. The van der Waals surface area contributed by atoms with Gasteiger partial charge < -0.3 is 9.32 Å².